The molecule has 0 aliphatic rings. The van der Waals surface area contributed by atoms with E-state index in [1.165, 1.54) is 11.1 Å². The van der Waals surface area contributed by atoms with Gasteiger partial charge in [-0.15, -0.1) is 0 Å². The first-order valence-electron chi connectivity index (χ1n) is 13.4. The monoisotopic (exact) mass is 538 g/mol. The number of benzene rings is 5. The fourth-order valence-corrected chi connectivity index (χ4v) is 4.73. The Morgan fingerprint density at radius 1 is 0.780 bits per heavy atom. The highest BCUT2D eigenvalue weighted by Gasteiger charge is 2.14. The van der Waals surface area contributed by atoms with Crippen molar-refractivity contribution in [1.29, 1.82) is 5.26 Å². The number of hydrogen-bond donors (Lipinski definition) is 1. The number of fused-ring (bicyclic) bond motifs is 1. The Labute approximate surface area is 240 Å². The molecule has 5 rings (SSSR count). The molecule has 0 atom stereocenters. The number of nitriles is 1. The molecule has 1 amide bonds. The maximum Gasteiger partial charge on any atom is 0.266 e. The number of hydrogen-bond acceptors (Lipinski definition) is 4. The van der Waals surface area contributed by atoms with E-state index in [-0.39, 0.29) is 5.57 Å². The molecular weight excluding hydrogens is 508 g/mol. The molecule has 0 fully saturated rings. The van der Waals surface area contributed by atoms with Gasteiger partial charge in [-0.05, 0) is 72.2 Å². The highest BCUT2D eigenvalue weighted by Crippen LogP contribution is 2.31. The normalized spacial score (nSPS) is 11.1. The van der Waals surface area contributed by atoms with Gasteiger partial charge in [0, 0.05) is 11.3 Å². The molecule has 0 spiro atoms. The van der Waals surface area contributed by atoms with Crippen LogP contribution in [0, 0.1) is 25.2 Å². The second-order valence-corrected chi connectivity index (χ2v) is 9.91. The molecule has 0 bridgehead atoms. The molecule has 202 valence electrons. The first-order valence-corrected chi connectivity index (χ1v) is 13.4. The Hall–Kier alpha value is -5.34. The third kappa shape index (κ3) is 7.00. The van der Waals surface area contributed by atoms with Crippen LogP contribution in [0.15, 0.2) is 115 Å². The van der Waals surface area contributed by atoms with E-state index in [0.29, 0.717) is 36.0 Å². The van der Waals surface area contributed by atoms with Crippen molar-refractivity contribution >= 4 is 28.4 Å². The molecular formula is C36H30N2O3. The average molecular weight is 539 g/mol. The summed E-state index contributed by atoms with van der Waals surface area (Å²) in [5, 5.41) is 14.7. The van der Waals surface area contributed by atoms with Crippen LogP contribution in [0.25, 0.3) is 16.8 Å². The predicted octanol–water partition coefficient (Wildman–Crippen LogP) is 8.16. The van der Waals surface area contributed by atoms with Crippen molar-refractivity contribution in [2.24, 2.45) is 0 Å². The Bertz CT molecular complexity index is 1730. The predicted molar refractivity (Wildman–Crippen MR) is 164 cm³/mol. The van der Waals surface area contributed by atoms with Crippen molar-refractivity contribution < 1.29 is 14.3 Å². The van der Waals surface area contributed by atoms with Gasteiger partial charge in [-0.1, -0.05) is 90.0 Å². The van der Waals surface area contributed by atoms with Crippen LogP contribution in [0.3, 0.4) is 0 Å². The summed E-state index contributed by atoms with van der Waals surface area (Å²) in [5.41, 5.74) is 5.68. The van der Waals surface area contributed by atoms with E-state index < -0.39 is 5.91 Å². The summed E-state index contributed by atoms with van der Waals surface area (Å²) in [7, 11) is 0. The molecule has 0 aliphatic heterocycles. The van der Waals surface area contributed by atoms with Gasteiger partial charge in [-0.3, -0.25) is 4.79 Å². The van der Waals surface area contributed by atoms with E-state index in [1.807, 2.05) is 66.7 Å². The first-order chi connectivity index (χ1) is 20.0. The zero-order valence-corrected chi connectivity index (χ0v) is 23.1. The van der Waals surface area contributed by atoms with Crippen LogP contribution < -0.4 is 14.8 Å². The fourth-order valence-electron chi connectivity index (χ4n) is 4.73. The molecule has 0 aromatic heterocycles. The van der Waals surface area contributed by atoms with Crippen molar-refractivity contribution in [3.63, 3.8) is 0 Å². The standard InChI is InChI=1S/C36H30N2O3/c1-25-18-26(2)20-28(19-25)24-41-35-17-12-29-10-6-7-11-33(29)34(35)21-30(22-37)36(39)38-31-13-15-32(16-14-31)40-23-27-8-4-3-5-9-27/h3-21H,23-24H2,1-2H3,(H,38,39)/b30-21+. The second kappa shape index (κ2) is 12.7. The summed E-state index contributed by atoms with van der Waals surface area (Å²) in [6, 6.07) is 37.1. The van der Waals surface area contributed by atoms with Crippen molar-refractivity contribution in [2.75, 3.05) is 5.32 Å². The molecule has 0 heterocycles. The number of rotatable bonds is 9. The maximum atomic E-state index is 13.2. The minimum absolute atomic E-state index is 0.0259. The largest absolute Gasteiger partial charge is 0.489 e. The second-order valence-electron chi connectivity index (χ2n) is 9.91. The molecule has 41 heavy (non-hydrogen) atoms. The van der Waals surface area contributed by atoms with Gasteiger partial charge < -0.3 is 14.8 Å². The van der Waals surface area contributed by atoms with Gasteiger partial charge in [0.05, 0.1) is 0 Å². The van der Waals surface area contributed by atoms with Crippen molar-refractivity contribution in [2.45, 2.75) is 27.1 Å². The van der Waals surface area contributed by atoms with Gasteiger partial charge >= 0.3 is 0 Å². The zero-order valence-electron chi connectivity index (χ0n) is 23.1. The number of aryl methyl sites for hydroxylation is 2. The van der Waals surface area contributed by atoms with E-state index in [1.54, 1.807) is 30.3 Å². The van der Waals surface area contributed by atoms with Crippen LogP contribution in [0.5, 0.6) is 11.5 Å². The lowest BCUT2D eigenvalue weighted by atomic mass is 10.0. The number of carbonyl (C=O) groups excluding carboxylic acids is 1. The van der Waals surface area contributed by atoms with E-state index in [0.717, 1.165) is 21.9 Å². The summed E-state index contributed by atoms with van der Waals surface area (Å²) >= 11 is 0. The highest BCUT2D eigenvalue weighted by molar-refractivity contribution is 6.11. The van der Waals surface area contributed by atoms with Gasteiger partial charge in [0.2, 0.25) is 0 Å². The summed E-state index contributed by atoms with van der Waals surface area (Å²) in [5.74, 6) is 0.784. The number of nitrogens with one attached hydrogen (secondary N) is 1. The van der Waals surface area contributed by atoms with Gasteiger partial charge in [-0.2, -0.15) is 5.26 Å². The Kier molecular flexibility index (Phi) is 8.42. The summed E-state index contributed by atoms with van der Waals surface area (Å²) in [4.78, 5) is 13.2. The molecule has 0 saturated heterocycles. The van der Waals surface area contributed by atoms with Crippen molar-refractivity contribution in [3.8, 4) is 17.6 Å². The Balaban J connectivity index is 1.35. The lowest BCUT2D eigenvalue weighted by Crippen LogP contribution is -2.13. The maximum absolute atomic E-state index is 13.2. The zero-order chi connectivity index (χ0) is 28.6. The Morgan fingerprint density at radius 2 is 1.46 bits per heavy atom. The van der Waals surface area contributed by atoms with Gasteiger partial charge in [0.15, 0.2) is 0 Å². The van der Waals surface area contributed by atoms with Crippen LogP contribution >= 0.6 is 0 Å². The number of carbonyl (C=O) groups is 1. The van der Waals surface area contributed by atoms with Crippen LogP contribution in [0.4, 0.5) is 5.69 Å². The van der Waals surface area contributed by atoms with Crippen LogP contribution in [-0.4, -0.2) is 5.91 Å². The highest BCUT2D eigenvalue weighted by atomic mass is 16.5. The van der Waals surface area contributed by atoms with E-state index in [4.69, 9.17) is 9.47 Å². The molecule has 1 N–H and O–H groups in total. The SMILES string of the molecule is Cc1cc(C)cc(COc2ccc3ccccc3c2/C=C(\C#N)C(=O)Nc2ccc(OCc3ccccc3)cc2)c1. The number of ether oxygens (including phenoxy) is 2. The van der Waals surface area contributed by atoms with E-state index in [2.05, 4.69) is 43.4 Å². The van der Waals surface area contributed by atoms with Gasteiger partial charge in [-0.25, -0.2) is 0 Å². The van der Waals surface area contributed by atoms with Crippen molar-refractivity contribution in [1.82, 2.24) is 0 Å². The van der Waals surface area contributed by atoms with Crippen LogP contribution in [0.1, 0.15) is 27.8 Å². The van der Waals surface area contributed by atoms with E-state index in [9.17, 15) is 10.1 Å². The molecule has 5 aromatic rings. The topological polar surface area (TPSA) is 71.3 Å². The van der Waals surface area contributed by atoms with Crippen LogP contribution in [0.2, 0.25) is 0 Å². The number of anilines is 1. The Morgan fingerprint density at radius 3 is 2.20 bits per heavy atom. The molecule has 5 heteroatoms. The minimum Gasteiger partial charge on any atom is -0.489 e. The third-order valence-electron chi connectivity index (χ3n) is 6.62. The smallest absolute Gasteiger partial charge is 0.266 e. The first kappa shape index (κ1) is 27.2. The molecule has 0 aliphatic carbocycles. The molecule has 5 nitrogen and oxygen atoms in total. The van der Waals surface area contributed by atoms with Gasteiger partial charge in [0.25, 0.3) is 5.91 Å². The number of nitrogens with zero attached hydrogens (tertiary/aromatic N) is 1. The lowest BCUT2D eigenvalue weighted by Gasteiger charge is -2.14. The summed E-state index contributed by atoms with van der Waals surface area (Å²) < 4.78 is 12.1. The average Bonchev–Trinajstić information content (AvgIpc) is 2.98. The molecule has 0 unspecified atom stereocenters. The fraction of sp³-hybridized carbons (Fsp3) is 0.111. The molecule has 0 radical (unpaired) electrons. The van der Waals surface area contributed by atoms with Gasteiger partial charge in [0.1, 0.15) is 36.4 Å². The van der Waals surface area contributed by atoms with Crippen LogP contribution in [-0.2, 0) is 18.0 Å². The van der Waals surface area contributed by atoms with E-state index >= 15 is 0 Å². The minimum atomic E-state index is -0.501. The number of amides is 1. The molecule has 5 aromatic carbocycles. The quantitative estimate of drug-likeness (QED) is 0.152. The van der Waals surface area contributed by atoms with Crippen molar-refractivity contribution in [3.05, 3.63) is 143 Å². The third-order valence-corrected chi connectivity index (χ3v) is 6.62. The summed E-state index contributed by atoms with van der Waals surface area (Å²) in [6.07, 6.45) is 1.60. The summed E-state index contributed by atoms with van der Waals surface area (Å²) in [6.45, 7) is 4.94. The lowest BCUT2D eigenvalue weighted by molar-refractivity contribution is -0.112. The molecule has 0 saturated carbocycles.